The van der Waals surface area contributed by atoms with Crippen molar-refractivity contribution in [2.24, 2.45) is 0 Å². The van der Waals surface area contributed by atoms with Crippen molar-refractivity contribution in [3.8, 4) is 0 Å². The molecule has 1 aromatic carbocycles. The van der Waals surface area contributed by atoms with E-state index in [-0.39, 0.29) is 12.1 Å². The molecular weight excluding hydrogens is 426 g/mol. The standard InChI is InChI=1S/C20H18BrN3S2/c1-12-9-13(2)11-14(10-12)24-19(16-6-7-17(21)26-16)18(23-20(24)25)15-5-3-4-8-22-15/h3-11,18-19H,1-2H3,(H,23,25). The quantitative estimate of drug-likeness (QED) is 0.525. The van der Waals surface area contributed by atoms with Crippen LogP contribution in [0.3, 0.4) is 0 Å². The molecule has 6 heteroatoms. The predicted octanol–water partition coefficient (Wildman–Crippen LogP) is 5.70. The Kier molecular flexibility index (Phi) is 4.82. The summed E-state index contributed by atoms with van der Waals surface area (Å²) in [6, 6.07) is 16.9. The van der Waals surface area contributed by atoms with Crippen LogP contribution in [0, 0.1) is 13.8 Å². The maximum atomic E-state index is 5.75. The first-order valence-corrected chi connectivity index (χ1v) is 10.4. The summed E-state index contributed by atoms with van der Waals surface area (Å²) in [4.78, 5) is 8.06. The molecule has 0 bridgehead atoms. The molecule has 4 rings (SSSR count). The van der Waals surface area contributed by atoms with Crippen LogP contribution in [0.15, 0.2) is 58.5 Å². The number of hydrogen-bond acceptors (Lipinski definition) is 3. The molecule has 0 amide bonds. The number of pyridine rings is 1. The minimum Gasteiger partial charge on any atom is -0.351 e. The molecule has 1 N–H and O–H groups in total. The van der Waals surface area contributed by atoms with Gasteiger partial charge in [0.2, 0.25) is 0 Å². The molecule has 1 saturated heterocycles. The van der Waals surface area contributed by atoms with Gasteiger partial charge in [-0.3, -0.25) is 4.98 Å². The van der Waals surface area contributed by atoms with Crippen molar-refractivity contribution in [2.75, 3.05) is 4.90 Å². The zero-order valence-corrected chi connectivity index (χ0v) is 17.7. The number of nitrogens with zero attached hydrogens (tertiary/aromatic N) is 2. The zero-order chi connectivity index (χ0) is 18.3. The lowest BCUT2D eigenvalue weighted by Gasteiger charge is -2.27. The van der Waals surface area contributed by atoms with Crippen molar-refractivity contribution in [3.05, 3.63) is 80.2 Å². The molecule has 132 valence electrons. The average molecular weight is 444 g/mol. The van der Waals surface area contributed by atoms with Crippen molar-refractivity contribution < 1.29 is 0 Å². The molecule has 1 fully saturated rings. The molecule has 2 aromatic heterocycles. The third-order valence-electron chi connectivity index (χ3n) is 4.47. The zero-order valence-electron chi connectivity index (χ0n) is 14.4. The van der Waals surface area contributed by atoms with Gasteiger partial charge >= 0.3 is 0 Å². The number of aryl methyl sites for hydroxylation is 2. The van der Waals surface area contributed by atoms with E-state index in [4.69, 9.17) is 12.2 Å². The molecule has 3 nitrogen and oxygen atoms in total. The number of aromatic nitrogens is 1. The molecular formula is C20H18BrN3S2. The van der Waals surface area contributed by atoms with Crippen molar-refractivity contribution in [2.45, 2.75) is 25.9 Å². The van der Waals surface area contributed by atoms with Crippen LogP contribution >= 0.6 is 39.5 Å². The maximum Gasteiger partial charge on any atom is 0.174 e. The number of anilines is 1. The van der Waals surface area contributed by atoms with E-state index in [1.165, 1.54) is 16.0 Å². The van der Waals surface area contributed by atoms with Crippen molar-refractivity contribution in [3.63, 3.8) is 0 Å². The first-order valence-electron chi connectivity index (χ1n) is 8.37. The Morgan fingerprint density at radius 1 is 1.12 bits per heavy atom. The summed E-state index contributed by atoms with van der Waals surface area (Å²) < 4.78 is 1.12. The van der Waals surface area contributed by atoms with Gasteiger partial charge in [0.05, 0.1) is 21.6 Å². The summed E-state index contributed by atoms with van der Waals surface area (Å²) in [5, 5.41) is 4.24. The number of rotatable bonds is 3. The smallest absolute Gasteiger partial charge is 0.174 e. The highest BCUT2D eigenvalue weighted by atomic mass is 79.9. The molecule has 0 radical (unpaired) electrons. The van der Waals surface area contributed by atoms with E-state index in [1.807, 2.05) is 18.3 Å². The van der Waals surface area contributed by atoms with Gasteiger partial charge in [0.1, 0.15) is 0 Å². The molecule has 2 unspecified atom stereocenters. The third-order valence-corrected chi connectivity index (χ3v) is 6.48. The fourth-order valence-electron chi connectivity index (χ4n) is 3.50. The summed E-state index contributed by atoms with van der Waals surface area (Å²) in [6.07, 6.45) is 1.83. The summed E-state index contributed by atoms with van der Waals surface area (Å²) in [5.74, 6) is 0. The second-order valence-electron chi connectivity index (χ2n) is 6.48. The maximum absolute atomic E-state index is 5.75. The van der Waals surface area contributed by atoms with E-state index in [9.17, 15) is 0 Å². The van der Waals surface area contributed by atoms with Gasteiger partial charge in [-0.1, -0.05) is 12.1 Å². The fraction of sp³-hybridized carbons (Fsp3) is 0.200. The van der Waals surface area contributed by atoms with E-state index >= 15 is 0 Å². The van der Waals surface area contributed by atoms with E-state index in [0.29, 0.717) is 0 Å². The van der Waals surface area contributed by atoms with Gasteiger partial charge < -0.3 is 10.2 Å². The Morgan fingerprint density at radius 2 is 1.88 bits per heavy atom. The van der Waals surface area contributed by atoms with Crippen LogP contribution in [0.5, 0.6) is 0 Å². The van der Waals surface area contributed by atoms with Gasteiger partial charge in [-0.25, -0.2) is 0 Å². The Morgan fingerprint density at radius 3 is 2.50 bits per heavy atom. The summed E-state index contributed by atoms with van der Waals surface area (Å²) in [5.41, 5.74) is 4.58. The normalized spacial score (nSPS) is 19.7. The van der Waals surface area contributed by atoms with Crippen molar-refractivity contribution in [1.29, 1.82) is 0 Å². The van der Waals surface area contributed by atoms with Gasteiger partial charge in [-0.15, -0.1) is 11.3 Å². The van der Waals surface area contributed by atoms with Crippen LogP contribution in [0.4, 0.5) is 5.69 Å². The molecule has 26 heavy (non-hydrogen) atoms. The fourth-order valence-corrected chi connectivity index (χ4v) is 5.40. The lowest BCUT2D eigenvalue weighted by atomic mass is 10.0. The second-order valence-corrected chi connectivity index (χ2v) is 9.37. The number of thiophene rings is 1. The Labute approximate surface area is 171 Å². The molecule has 0 aliphatic carbocycles. The third kappa shape index (κ3) is 3.29. The largest absolute Gasteiger partial charge is 0.351 e. The number of halogens is 1. The first kappa shape index (κ1) is 17.6. The second kappa shape index (κ2) is 7.10. The Balaban J connectivity index is 1.85. The van der Waals surface area contributed by atoms with Gasteiger partial charge in [0.25, 0.3) is 0 Å². The average Bonchev–Trinajstić information content (AvgIpc) is 3.18. The topological polar surface area (TPSA) is 28.2 Å². The highest BCUT2D eigenvalue weighted by Crippen LogP contribution is 2.44. The van der Waals surface area contributed by atoms with Crippen LogP contribution < -0.4 is 10.2 Å². The number of benzene rings is 1. The van der Waals surface area contributed by atoms with Gasteiger partial charge in [0, 0.05) is 16.8 Å². The van der Waals surface area contributed by atoms with Crippen LogP contribution in [0.2, 0.25) is 0 Å². The Hall–Kier alpha value is -1.76. The molecule has 1 aliphatic rings. The van der Waals surface area contributed by atoms with Crippen molar-refractivity contribution >= 4 is 50.3 Å². The molecule has 3 heterocycles. The van der Waals surface area contributed by atoms with Crippen LogP contribution in [0.25, 0.3) is 0 Å². The highest BCUT2D eigenvalue weighted by molar-refractivity contribution is 9.11. The number of nitrogens with one attached hydrogen (secondary N) is 1. The van der Waals surface area contributed by atoms with Crippen molar-refractivity contribution in [1.82, 2.24) is 10.3 Å². The van der Waals surface area contributed by atoms with Crippen LogP contribution in [-0.4, -0.2) is 10.1 Å². The SMILES string of the molecule is Cc1cc(C)cc(N2C(=S)NC(c3ccccn3)C2c2ccc(Br)s2)c1. The highest BCUT2D eigenvalue weighted by Gasteiger charge is 2.41. The van der Waals surface area contributed by atoms with Gasteiger partial charge in [-0.2, -0.15) is 0 Å². The van der Waals surface area contributed by atoms with E-state index in [0.717, 1.165) is 20.3 Å². The first-order chi connectivity index (χ1) is 12.5. The lowest BCUT2D eigenvalue weighted by molar-refractivity contribution is 0.575. The minimum absolute atomic E-state index is 0.00932. The predicted molar refractivity (Wildman–Crippen MR) is 116 cm³/mol. The summed E-state index contributed by atoms with van der Waals surface area (Å²) in [7, 11) is 0. The monoisotopic (exact) mass is 443 g/mol. The summed E-state index contributed by atoms with van der Waals surface area (Å²) in [6.45, 7) is 4.24. The van der Waals surface area contributed by atoms with E-state index in [1.54, 1.807) is 11.3 Å². The molecule has 2 atom stereocenters. The summed E-state index contributed by atoms with van der Waals surface area (Å²) >= 11 is 11.1. The number of hydrogen-bond donors (Lipinski definition) is 1. The van der Waals surface area contributed by atoms with Crippen LogP contribution in [-0.2, 0) is 0 Å². The van der Waals surface area contributed by atoms with Crippen LogP contribution in [0.1, 0.15) is 33.8 Å². The van der Waals surface area contributed by atoms with E-state index < -0.39 is 0 Å². The molecule has 3 aromatic rings. The van der Waals surface area contributed by atoms with E-state index in [2.05, 4.69) is 81.4 Å². The molecule has 0 saturated carbocycles. The van der Waals surface area contributed by atoms with Gasteiger partial charge in [-0.05, 0) is 89.5 Å². The lowest BCUT2D eigenvalue weighted by Crippen LogP contribution is -2.29. The molecule has 0 spiro atoms. The minimum atomic E-state index is 0.00932. The van der Waals surface area contributed by atoms with Gasteiger partial charge in [0.15, 0.2) is 5.11 Å². The Bertz CT molecular complexity index is 934. The molecule has 1 aliphatic heterocycles. The number of thiocarbonyl (C=S) groups is 1.